The lowest BCUT2D eigenvalue weighted by Crippen LogP contribution is -2.50. The first-order valence-electron chi connectivity index (χ1n) is 9.77. The van der Waals surface area contributed by atoms with Gasteiger partial charge in [-0.15, -0.1) is 0 Å². The largest absolute Gasteiger partial charge is 0.366 e. The van der Waals surface area contributed by atoms with Crippen LogP contribution in [0.4, 0.5) is 5.69 Å². The molecule has 1 aliphatic rings. The third-order valence-corrected chi connectivity index (χ3v) is 5.12. The number of aryl methyl sites for hydroxylation is 1. The van der Waals surface area contributed by atoms with Crippen LogP contribution in [0.5, 0.6) is 0 Å². The number of amides is 3. The quantitative estimate of drug-likeness (QED) is 0.780. The Morgan fingerprint density at radius 3 is 2.17 bits per heavy atom. The molecule has 152 valence electrons. The number of carbonyl (C=O) groups is 3. The van der Waals surface area contributed by atoms with E-state index in [1.165, 1.54) is 0 Å². The molecule has 0 atom stereocenters. The van der Waals surface area contributed by atoms with E-state index in [2.05, 4.69) is 12.2 Å². The second kappa shape index (κ2) is 9.34. The standard InChI is InChI=1S/C22H26N4O3/c1-2-16-5-3-4-6-19(16)24-20(27)15-25-11-13-26(14-12-25)22(29)18-9-7-17(8-10-18)21(23)28/h3-10H,2,11-15H2,1H3,(H2,23,28)(H,24,27). The number of carbonyl (C=O) groups excluding carboxylic acids is 3. The zero-order chi connectivity index (χ0) is 20.8. The van der Waals surface area contributed by atoms with Gasteiger partial charge in [-0.2, -0.15) is 0 Å². The summed E-state index contributed by atoms with van der Waals surface area (Å²) in [5, 5.41) is 2.98. The Labute approximate surface area is 170 Å². The highest BCUT2D eigenvalue weighted by Gasteiger charge is 2.23. The minimum absolute atomic E-state index is 0.0484. The van der Waals surface area contributed by atoms with Crippen LogP contribution < -0.4 is 11.1 Å². The predicted octanol–water partition coefficient (Wildman–Crippen LogP) is 1.74. The molecule has 1 fully saturated rings. The SMILES string of the molecule is CCc1ccccc1NC(=O)CN1CCN(C(=O)c2ccc(C(N)=O)cc2)CC1. The van der Waals surface area contributed by atoms with Crippen LogP contribution in [-0.4, -0.2) is 60.2 Å². The molecule has 1 saturated heterocycles. The molecule has 2 aromatic carbocycles. The fraction of sp³-hybridized carbons (Fsp3) is 0.318. The van der Waals surface area contributed by atoms with Crippen LogP contribution in [0.3, 0.4) is 0 Å². The molecule has 1 heterocycles. The molecule has 3 amide bonds. The summed E-state index contributed by atoms with van der Waals surface area (Å²) >= 11 is 0. The van der Waals surface area contributed by atoms with Crippen molar-refractivity contribution >= 4 is 23.4 Å². The monoisotopic (exact) mass is 394 g/mol. The van der Waals surface area contributed by atoms with Crippen LogP contribution in [0, 0.1) is 0 Å². The maximum Gasteiger partial charge on any atom is 0.253 e. The van der Waals surface area contributed by atoms with Crippen molar-refractivity contribution in [2.24, 2.45) is 5.73 Å². The van der Waals surface area contributed by atoms with Gasteiger partial charge in [0, 0.05) is 43.0 Å². The average molecular weight is 394 g/mol. The molecule has 0 spiro atoms. The van der Waals surface area contributed by atoms with Crippen molar-refractivity contribution in [3.05, 3.63) is 65.2 Å². The van der Waals surface area contributed by atoms with Crippen LogP contribution in [0.15, 0.2) is 48.5 Å². The van der Waals surface area contributed by atoms with E-state index in [0.29, 0.717) is 43.9 Å². The minimum Gasteiger partial charge on any atom is -0.366 e. The molecule has 3 N–H and O–H groups in total. The third-order valence-electron chi connectivity index (χ3n) is 5.12. The lowest BCUT2D eigenvalue weighted by atomic mass is 10.1. The van der Waals surface area contributed by atoms with Gasteiger partial charge in [0.1, 0.15) is 0 Å². The molecule has 1 aliphatic heterocycles. The van der Waals surface area contributed by atoms with E-state index in [4.69, 9.17) is 5.73 Å². The lowest BCUT2D eigenvalue weighted by molar-refractivity contribution is -0.117. The normalized spacial score (nSPS) is 14.4. The summed E-state index contributed by atoms with van der Waals surface area (Å²) in [5.74, 6) is -0.646. The van der Waals surface area contributed by atoms with E-state index in [1.54, 1.807) is 29.2 Å². The van der Waals surface area contributed by atoms with Gasteiger partial charge in [-0.25, -0.2) is 0 Å². The summed E-state index contributed by atoms with van der Waals surface area (Å²) in [7, 11) is 0. The number of rotatable bonds is 6. The van der Waals surface area contributed by atoms with Crippen LogP contribution in [0.2, 0.25) is 0 Å². The van der Waals surface area contributed by atoms with Gasteiger partial charge in [0.05, 0.1) is 6.54 Å². The lowest BCUT2D eigenvalue weighted by Gasteiger charge is -2.34. The fourth-order valence-electron chi connectivity index (χ4n) is 3.41. The second-order valence-corrected chi connectivity index (χ2v) is 7.07. The first-order valence-corrected chi connectivity index (χ1v) is 9.77. The number of hydrogen-bond donors (Lipinski definition) is 2. The number of anilines is 1. The molecule has 0 aromatic heterocycles. The third kappa shape index (κ3) is 5.20. The molecule has 0 saturated carbocycles. The van der Waals surface area contributed by atoms with Crippen LogP contribution in [-0.2, 0) is 11.2 Å². The number of nitrogens with one attached hydrogen (secondary N) is 1. The molecular weight excluding hydrogens is 368 g/mol. The van der Waals surface area contributed by atoms with Gasteiger partial charge in [0.2, 0.25) is 11.8 Å². The highest BCUT2D eigenvalue weighted by atomic mass is 16.2. The van der Waals surface area contributed by atoms with E-state index < -0.39 is 5.91 Å². The second-order valence-electron chi connectivity index (χ2n) is 7.07. The molecule has 0 radical (unpaired) electrons. The van der Waals surface area contributed by atoms with Gasteiger partial charge in [-0.1, -0.05) is 25.1 Å². The summed E-state index contributed by atoms with van der Waals surface area (Å²) in [4.78, 5) is 40.0. The highest BCUT2D eigenvalue weighted by molar-refractivity contribution is 5.97. The minimum atomic E-state index is -0.516. The smallest absolute Gasteiger partial charge is 0.253 e. The molecule has 3 rings (SSSR count). The molecule has 29 heavy (non-hydrogen) atoms. The molecule has 0 unspecified atom stereocenters. The Bertz CT molecular complexity index is 887. The molecule has 2 aromatic rings. The number of nitrogens with two attached hydrogens (primary N) is 1. The molecular formula is C22H26N4O3. The van der Waals surface area contributed by atoms with E-state index in [1.807, 2.05) is 29.2 Å². The van der Waals surface area contributed by atoms with Gasteiger partial charge in [-0.05, 0) is 42.3 Å². The maximum absolute atomic E-state index is 12.6. The molecule has 7 nitrogen and oxygen atoms in total. The van der Waals surface area contributed by atoms with Gasteiger partial charge in [0.15, 0.2) is 0 Å². The number of hydrogen-bond acceptors (Lipinski definition) is 4. The Balaban J connectivity index is 1.50. The van der Waals surface area contributed by atoms with Gasteiger partial charge < -0.3 is 16.0 Å². The van der Waals surface area contributed by atoms with Crippen LogP contribution in [0.1, 0.15) is 33.2 Å². The average Bonchev–Trinajstić information content (AvgIpc) is 2.74. The molecule has 0 aliphatic carbocycles. The van der Waals surface area contributed by atoms with Crippen molar-refractivity contribution in [3.63, 3.8) is 0 Å². The maximum atomic E-state index is 12.6. The van der Waals surface area contributed by atoms with Crippen molar-refractivity contribution in [2.45, 2.75) is 13.3 Å². The Morgan fingerprint density at radius 2 is 1.55 bits per heavy atom. The van der Waals surface area contributed by atoms with Gasteiger partial charge in [0.25, 0.3) is 5.91 Å². The molecule has 0 bridgehead atoms. The summed E-state index contributed by atoms with van der Waals surface area (Å²) < 4.78 is 0. The Kier molecular flexibility index (Phi) is 6.61. The zero-order valence-corrected chi connectivity index (χ0v) is 16.6. The number of nitrogens with zero attached hydrogens (tertiary/aromatic N) is 2. The predicted molar refractivity (Wildman–Crippen MR) is 112 cm³/mol. The number of primary amides is 1. The topological polar surface area (TPSA) is 95.7 Å². The van der Waals surface area contributed by atoms with Crippen molar-refractivity contribution in [1.82, 2.24) is 9.80 Å². The van der Waals surface area contributed by atoms with Crippen molar-refractivity contribution in [3.8, 4) is 0 Å². The highest BCUT2D eigenvalue weighted by Crippen LogP contribution is 2.16. The van der Waals surface area contributed by atoms with E-state index in [9.17, 15) is 14.4 Å². The Morgan fingerprint density at radius 1 is 0.931 bits per heavy atom. The zero-order valence-electron chi connectivity index (χ0n) is 16.6. The van der Waals surface area contributed by atoms with Gasteiger partial charge >= 0.3 is 0 Å². The van der Waals surface area contributed by atoms with E-state index >= 15 is 0 Å². The van der Waals surface area contributed by atoms with Crippen LogP contribution in [0.25, 0.3) is 0 Å². The number of piperazine rings is 1. The summed E-state index contributed by atoms with van der Waals surface area (Å²) in [6, 6.07) is 14.2. The summed E-state index contributed by atoms with van der Waals surface area (Å²) in [6.45, 7) is 4.72. The number of benzene rings is 2. The van der Waals surface area contributed by atoms with Crippen LogP contribution >= 0.6 is 0 Å². The first kappa shape index (κ1) is 20.5. The van der Waals surface area contributed by atoms with Crippen molar-refractivity contribution in [2.75, 3.05) is 38.0 Å². The number of para-hydroxylation sites is 1. The first-order chi connectivity index (χ1) is 14.0. The van der Waals surface area contributed by atoms with E-state index in [0.717, 1.165) is 17.7 Å². The van der Waals surface area contributed by atoms with E-state index in [-0.39, 0.29) is 11.8 Å². The Hall–Kier alpha value is -3.19. The van der Waals surface area contributed by atoms with Crippen molar-refractivity contribution in [1.29, 1.82) is 0 Å². The fourth-order valence-corrected chi connectivity index (χ4v) is 3.41. The van der Waals surface area contributed by atoms with Gasteiger partial charge in [-0.3, -0.25) is 19.3 Å². The summed E-state index contributed by atoms with van der Waals surface area (Å²) in [5.41, 5.74) is 8.10. The van der Waals surface area contributed by atoms with Crippen molar-refractivity contribution < 1.29 is 14.4 Å². The summed E-state index contributed by atoms with van der Waals surface area (Å²) in [6.07, 6.45) is 0.859. The molecule has 7 heteroatoms.